The first-order valence-electron chi connectivity index (χ1n) is 11.3. The monoisotopic (exact) mass is 507 g/mol. The van der Waals surface area contributed by atoms with Crippen molar-refractivity contribution < 1.29 is 27.8 Å². The van der Waals surface area contributed by atoms with Gasteiger partial charge in [0.15, 0.2) is 15.9 Å². The summed E-state index contributed by atoms with van der Waals surface area (Å²) in [6.07, 6.45) is 3.14. The van der Waals surface area contributed by atoms with Gasteiger partial charge in [0.25, 0.3) is 0 Å². The minimum Gasteiger partial charge on any atom is -0.489 e. The van der Waals surface area contributed by atoms with Gasteiger partial charge in [-0.05, 0) is 36.3 Å². The van der Waals surface area contributed by atoms with Crippen LogP contribution >= 0.6 is 11.8 Å². The maximum atomic E-state index is 13.7. The Hall–Kier alpha value is -2.23. The zero-order chi connectivity index (χ0) is 24.9. The summed E-state index contributed by atoms with van der Waals surface area (Å²) in [5, 5.41) is 9.94. The lowest BCUT2D eigenvalue weighted by Crippen LogP contribution is -2.35. The SMILES string of the molecule is CCCCC1(C)CN(c2ccccc2)c2cc(SC)c(OCC(O)C(=O)OC)cc2S(=O)(=O)C1. The van der Waals surface area contributed by atoms with Crippen LogP contribution in [0, 0.1) is 5.41 Å². The number of carbonyl (C=O) groups is 1. The highest BCUT2D eigenvalue weighted by Crippen LogP contribution is 2.46. The second kappa shape index (κ2) is 11.0. The molecule has 186 valence electrons. The van der Waals surface area contributed by atoms with E-state index in [0.29, 0.717) is 22.9 Å². The van der Waals surface area contributed by atoms with Crippen molar-refractivity contribution in [3.63, 3.8) is 0 Å². The number of anilines is 2. The Morgan fingerprint density at radius 1 is 1.26 bits per heavy atom. The summed E-state index contributed by atoms with van der Waals surface area (Å²) < 4.78 is 37.6. The lowest BCUT2D eigenvalue weighted by Gasteiger charge is -2.34. The number of unbranched alkanes of at least 4 members (excludes halogenated alkanes) is 1. The highest BCUT2D eigenvalue weighted by Gasteiger charge is 2.40. The van der Waals surface area contributed by atoms with Crippen molar-refractivity contribution in [3.8, 4) is 5.75 Å². The molecule has 0 amide bonds. The van der Waals surface area contributed by atoms with Crippen molar-refractivity contribution in [3.05, 3.63) is 42.5 Å². The highest BCUT2D eigenvalue weighted by atomic mass is 32.2. The van der Waals surface area contributed by atoms with Gasteiger partial charge in [0.05, 0.1) is 28.3 Å². The van der Waals surface area contributed by atoms with E-state index >= 15 is 0 Å². The maximum Gasteiger partial charge on any atom is 0.338 e. The highest BCUT2D eigenvalue weighted by molar-refractivity contribution is 7.98. The third kappa shape index (κ3) is 5.87. The molecule has 0 saturated heterocycles. The molecule has 9 heteroatoms. The molecule has 1 N–H and O–H groups in total. The number of rotatable bonds is 9. The van der Waals surface area contributed by atoms with Gasteiger partial charge in [0.1, 0.15) is 12.4 Å². The van der Waals surface area contributed by atoms with Crippen LogP contribution in [0.2, 0.25) is 0 Å². The Morgan fingerprint density at radius 2 is 1.97 bits per heavy atom. The van der Waals surface area contributed by atoms with Crippen LogP contribution in [0.5, 0.6) is 5.75 Å². The second-order valence-corrected chi connectivity index (χ2v) is 11.7. The first-order valence-corrected chi connectivity index (χ1v) is 14.2. The van der Waals surface area contributed by atoms with Crippen LogP contribution in [0.4, 0.5) is 11.4 Å². The number of hydrogen-bond acceptors (Lipinski definition) is 8. The van der Waals surface area contributed by atoms with Crippen molar-refractivity contribution in [2.45, 2.75) is 49.0 Å². The van der Waals surface area contributed by atoms with E-state index in [2.05, 4.69) is 16.6 Å². The molecule has 1 aliphatic rings. The molecule has 2 unspecified atom stereocenters. The largest absolute Gasteiger partial charge is 0.489 e. The Labute approximate surface area is 206 Å². The number of fused-ring (bicyclic) bond motifs is 1. The van der Waals surface area contributed by atoms with Crippen LogP contribution in [-0.4, -0.2) is 57.9 Å². The summed E-state index contributed by atoms with van der Waals surface area (Å²) in [5.74, 6) is -0.475. The number of benzene rings is 2. The molecule has 0 aliphatic carbocycles. The Morgan fingerprint density at radius 3 is 2.59 bits per heavy atom. The van der Waals surface area contributed by atoms with Crippen LogP contribution in [0.1, 0.15) is 33.1 Å². The average Bonchev–Trinajstić information content (AvgIpc) is 2.92. The van der Waals surface area contributed by atoms with Crippen LogP contribution in [0.25, 0.3) is 0 Å². The molecule has 0 aromatic heterocycles. The second-order valence-electron chi connectivity index (χ2n) is 8.92. The Balaban J connectivity index is 2.13. The third-order valence-electron chi connectivity index (χ3n) is 6.02. The number of sulfone groups is 1. The maximum absolute atomic E-state index is 13.7. The Bertz CT molecular complexity index is 1110. The van der Waals surface area contributed by atoms with Crippen molar-refractivity contribution in [1.29, 1.82) is 0 Å². The van der Waals surface area contributed by atoms with Gasteiger partial charge in [-0.25, -0.2) is 13.2 Å². The fourth-order valence-corrected chi connectivity index (χ4v) is 6.91. The molecular weight excluding hydrogens is 474 g/mol. The first-order chi connectivity index (χ1) is 16.1. The number of methoxy groups -OCH3 is 1. The lowest BCUT2D eigenvalue weighted by molar-refractivity contribution is -0.151. The van der Waals surface area contributed by atoms with E-state index in [-0.39, 0.29) is 17.3 Å². The molecule has 2 aromatic rings. The fourth-order valence-electron chi connectivity index (χ4n) is 4.28. The molecular formula is C25H33NO6S2. The van der Waals surface area contributed by atoms with E-state index in [1.807, 2.05) is 49.6 Å². The van der Waals surface area contributed by atoms with Gasteiger partial charge in [0, 0.05) is 18.3 Å². The first kappa shape index (κ1) is 26.4. The standard InChI is InChI=1S/C25H33NO6S2/c1-5-6-12-25(2)16-26(18-10-8-7-9-11-18)19-13-22(33-4)21(14-23(19)34(29,30)17-25)32-15-20(27)24(28)31-3/h7-11,13-14,20,27H,5-6,12,15-17H2,1-4H3. The molecule has 0 radical (unpaired) electrons. The Kier molecular flexibility index (Phi) is 8.54. The number of thioether (sulfide) groups is 1. The molecule has 0 spiro atoms. The lowest BCUT2D eigenvalue weighted by atomic mass is 9.86. The molecule has 34 heavy (non-hydrogen) atoms. The quantitative estimate of drug-likeness (QED) is 0.393. The van der Waals surface area contributed by atoms with Gasteiger partial charge >= 0.3 is 5.97 Å². The van der Waals surface area contributed by atoms with Gasteiger partial charge in [-0.15, -0.1) is 11.8 Å². The number of para-hydroxylation sites is 1. The molecule has 1 aliphatic heterocycles. The van der Waals surface area contributed by atoms with Gasteiger partial charge < -0.3 is 19.5 Å². The number of ether oxygens (including phenoxy) is 2. The molecule has 2 aromatic carbocycles. The number of esters is 1. The predicted molar refractivity (Wildman–Crippen MR) is 135 cm³/mol. The van der Waals surface area contributed by atoms with Crippen LogP contribution in [0.3, 0.4) is 0 Å². The van der Waals surface area contributed by atoms with Gasteiger partial charge in [0.2, 0.25) is 0 Å². The summed E-state index contributed by atoms with van der Waals surface area (Å²) in [6, 6.07) is 13.2. The minimum atomic E-state index is -3.65. The van der Waals surface area contributed by atoms with Crippen molar-refractivity contribution in [1.82, 2.24) is 0 Å². The van der Waals surface area contributed by atoms with Crippen molar-refractivity contribution >= 4 is 38.9 Å². The van der Waals surface area contributed by atoms with E-state index in [1.54, 1.807) is 0 Å². The van der Waals surface area contributed by atoms with E-state index in [0.717, 1.165) is 24.9 Å². The molecule has 2 atom stereocenters. The summed E-state index contributed by atoms with van der Waals surface area (Å²) in [5.41, 5.74) is 1.09. The number of hydrogen-bond donors (Lipinski definition) is 1. The molecule has 0 bridgehead atoms. The van der Waals surface area contributed by atoms with E-state index in [1.165, 1.54) is 24.9 Å². The van der Waals surface area contributed by atoms with Crippen LogP contribution in [-0.2, 0) is 19.4 Å². The molecule has 0 saturated carbocycles. The molecule has 3 rings (SSSR count). The zero-order valence-corrected chi connectivity index (χ0v) is 21.7. The number of aliphatic hydroxyl groups excluding tert-OH is 1. The fraction of sp³-hybridized carbons (Fsp3) is 0.480. The summed E-state index contributed by atoms with van der Waals surface area (Å²) >= 11 is 1.41. The molecule has 7 nitrogen and oxygen atoms in total. The van der Waals surface area contributed by atoms with E-state index in [9.17, 15) is 18.3 Å². The topological polar surface area (TPSA) is 93.1 Å². The van der Waals surface area contributed by atoms with Crippen LogP contribution < -0.4 is 9.64 Å². The van der Waals surface area contributed by atoms with Gasteiger partial charge in [-0.1, -0.05) is 44.9 Å². The predicted octanol–water partition coefficient (Wildman–Crippen LogP) is 4.44. The van der Waals surface area contributed by atoms with Crippen molar-refractivity contribution in [2.75, 3.05) is 37.2 Å². The van der Waals surface area contributed by atoms with Crippen molar-refractivity contribution in [2.24, 2.45) is 5.41 Å². The van der Waals surface area contributed by atoms with Crippen LogP contribution in [0.15, 0.2) is 52.3 Å². The number of nitrogens with zero attached hydrogens (tertiary/aromatic N) is 1. The molecule has 1 heterocycles. The minimum absolute atomic E-state index is 0.0270. The van der Waals surface area contributed by atoms with E-state index < -0.39 is 27.3 Å². The smallest absolute Gasteiger partial charge is 0.338 e. The van der Waals surface area contributed by atoms with E-state index in [4.69, 9.17) is 4.74 Å². The zero-order valence-electron chi connectivity index (χ0n) is 20.1. The summed E-state index contributed by atoms with van der Waals surface area (Å²) in [6.45, 7) is 4.38. The third-order valence-corrected chi connectivity index (χ3v) is 8.85. The average molecular weight is 508 g/mol. The number of aliphatic hydroxyl groups is 1. The van der Waals surface area contributed by atoms with Gasteiger partial charge in [-0.3, -0.25) is 0 Å². The number of carbonyl (C=O) groups excluding carboxylic acids is 1. The molecule has 0 fully saturated rings. The normalized spacial score (nSPS) is 20.2. The summed E-state index contributed by atoms with van der Waals surface area (Å²) in [4.78, 5) is 14.6. The van der Waals surface area contributed by atoms with Gasteiger partial charge in [-0.2, -0.15) is 0 Å². The summed E-state index contributed by atoms with van der Waals surface area (Å²) in [7, 11) is -2.47.